The first kappa shape index (κ1) is 9.47. The second-order valence-electron chi connectivity index (χ2n) is 2.58. The molecule has 0 amide bonds. The lowest BCUT2D eigenvalue weighted by Crippen LogP contribution is -2.48. The third-order valence-corrected chi connectivity index (χ3v) is 3.79. The Morgan fingerprint density at radius 2 is 2.25 bits per heavy atom. The highest BCUT2D eigenvalue weighted by atomic mass is 32.2. The van der Waals surface area contributed by atoms with Crippen molar-refractivity contribution in [1.29, 1.82) is 0 Å². The Kier molecular flexibility index (Phi) is 2.69. The van der Waals surface area contributed by atoms with Crippen LogP contribution in [0.4, 0.5) is 0 Å². The summed E-state index contributed by atoms with van der Waals surface area (Å²) < 4.78 is 26.8. The molecule has 0 saturated carbocycles. The molecule has 12 heavy (non-hydrogen) atoms. The Morgan fingerprint density at radius 1 is 1.58 bits per heavy atom. The second-order valence-corrected chi connectivity index (χ2v) is 4.89. The Balaban J connectivity index is 2.80. The summed E-state index contributed by atoms with van der Waals surface area (Å²) in [7, 11) is -2.08. The van der Waals surface area contributed by atoms with Gasteiger partial charge in [-0.25, -0.2) is 8.42 Å². The van der Waals surface area contributed by atoms with Crippen molar-refractivity contribution >= 4 is 15.8 Å². The van der Waals surface area contributed by atoms with Crippen LogP contribution in [0.1, 0.15) is 0 Å². The molecule has 0 spiro atoms. The average molecular weight is 193 g/mol. The topological polar surface area (TPSA) is 72.5 Å². The first-order valence-corrected chi connectivity index (χ1v) is 5.29. The van der Waals surface area contributed by atoms with E-state index >= 15 is 0 Å². The van der Waals surface area contributed by atoms with Gasteiger partial charge in [0, 0.05) is 13.1 Å². The van der Waals surface area contributed by atoms with Gasteiger partial charge in [-0.3, -0.25) is 4.79 Å². The van der Waals surface area contributed by atoms with Crippen LogP contribution in [0.2, 0.25) is 0 Å². The third-order valence-electron chi connectivity index (χ3n) is 1.79. The molecule has 1 fully saturated rings. The van der Waals surface area contributed by atoms with Crippen LogP contribution >= 0.6 is 0 Å². The lowest BCUT2D eigenvalue weighted by Gasteiger charge is -2.20. The molecule has 70 valence electrons. The molecule has 5 nitrogen and oxygen atoms in total. The average Bonchev–Trinajstić information content (AvgIpc) is 2.02. The van der Waals surface area contributed by atoms with Gasteiger partial charge in [-0.2, -0.15) is 0 Å². The van der Waals surface area contributed by atoms with E-state index in [0.717, 1.165) is 0 Å². The number of hydrogen-bond acceptors (Lipinski definition) is 5. The van der Waals surface area contributed by atoms with Gasteiger partial charge in [-0.05, 0) is 0 Å². The van der Waals surface area contributed by atoms with Crippen molar-refractivity contribution in [3.63, 3.8) is 0 Å². The minimum absolute atomic E-state index is 0.00671. The summed E-state index contributed by atoms with van der Waals surface area (Å²) in [6.07, 6.45) is 0. The number of nitrogens with one attached hydrogen (secondary N) is 1. The van der Waals surface area contributed by atoms with E-state index in [9.17, 15) is 13.2 Å². The first-order chi connectivity index (χ1) is 5.58. The maximum atomic E-state index is 11.2. The second kappa shape index (κ2) is 3.40. The quantitative estimate of drug-likeness (QED) is 0.516. The van der Waals surface area contributed by atoms with Crippen LogP contribution in [-0.4, -0.2) is 45.6 Å². The molecule has 1 atom stereocenters. The predicted octanol–water partition coefficient (Wildman–Crippen LogP) is -1.45. The van der Waals surface area contributed by atoms with Crippen molar-refractivity contribution < 1.29 is 17.9 Å². The van der Waals surface area contributed by atoms with Crippen LogP contribution in [0.3, 0.4) is 0 Å². The Bertz CT molecular complexity index is 271. The van der Waals surface area contributed by atoms with Crippen molar-refractivity contribution in [3.8, 4) is 0 Å². The molecule has 0 bridgehead atoms. The van der Waals surface area contributed by atoms with E-state index < -0.39 is 21.1 Å². The van der Waals surface area contributed by atoms with Gasteiger partial charge < -0.3 is 10.1 Å². The van der Waals surface area contributed by atoms with Gasteiger partial charge in [0.1, 0.15) is 0 Å². The molecule has 1 N–H and O–H groups in total. The highest BCUT2D eigenvalue weighted by molar-refractivity contribution is 7.92. The molecule has 1 aliphatic rings. The number of ether oxygens (including phenoxy) is 1. The van der Waals surface area contributed by atoms with Crippen LogP contribution in [0.25, 0.3) is 0 Å². The van der Waals surface area contributed by atoms with Gasteiger partial charge in [0.2, 0.25) is 0 Å². The zero-order valence-electron chi connectivity index (χ0n) is 6.74. The van der Waals surface area contributed by atoms with Crippen LogP contribution in [0.5, 0.6) is 0 Å². The summed E-state index contributed by atoms with van der Waals surface area (Å²) in [6.45, 7) is 0.574. The summed E-state index contributed by atoms with van der Waals surface area (Å²) in [5, 5.41) is 1.81. The van der Waals surface area contributed by atoms with E-state index in [1.54, 1.807) is 0 Å². The lowest BCUT2D eigenvalue weighted by atomic mass is 10.4. The molecule has 0 aromatic carbocycles. The van der Waals surface area contributed by atoms with Crippen LogP contribution in [0.15, 0.2) is 0 Å². The van der Waals surface area contributed by atoms with Gasteiger partial charge in [0.15, 0.2) is 15.1 Å². The molecule has 1 unspecified atom stereocenters. The normalized spacial score (nSPS) is 27.9. The van der Waals surface area contributed by atoms with E-state index in [4.69, 9.17) is 0 Å². The van der Waals surface area contributed by atoms with E-state index in [2.05, 4.69) is 10.1 Å². The number of carbonyl (C=O) groups is 1. The Morgan fingerprint density at radius 3 is 2.75 bits per heavy atom. The standard InChI is InChI=1S/C6H11NO4S/c1-11-6(8)5-4-7-2-3-12(5,9)10/h5,7H,2-4H2,1H3. The van der Waals surface area contributed by atoms with Crippen LogP contribution in [-0.2, 0) is 19.4 Å². The van der Waals surface area contributed by atoms with E-state index in [-0.39, 0.29) is 12.3 Å². The molecule has 0 radical (unpaired) electrons. The molecule has 0 aliphatic carbocycles. The highest BCUT2D eigenvalue weighted by Crippen LogP contribution is 2.07. The Hall–Kier alpha value is -0.620. The van der Waals surface area contributed by atoms with Crippen molar-refractivity contribution in [2.75, 3.05) is 26.0 Å². The van der Waals surface area contributed by atoms with Crippen molar-refractivity contribution in [3.05, 3.63) is 0 Å². The van der Waals surface area contributed by atoms with Gasteiger partial charge in [-0.1, -0.05) is 0 Å². The zero-order valence-corrected chi connectivity index (χ0v) is 7.56. The van der Waals surface area contributed by atoms with E-state index in [1.165, 1.54) is 7.11 Å². The number of sulfone groups is 1. The largest absolute Gasteiger partial charge is 0.468 e. The van der Waals surface area contributed by atoms with E-state index in [1.807, 2.05) is 0 Å². The third kappa shape index (κ3) is 1.75. The maximum absolute atomic E-state index is 11.2. The molecule has 1 saturated heterocycles. The summed E-state index contributed by atoms with van der Waals surface area (Å²) in [5.41, 5.74) is 0. The fourth-order valence-electron chi connectivity index (χ4n) is 1.08. The van der Waals surface area contributed by atoms with Gasteiger partial charge in [0.25, 0.3) is 0 Å². The molecule has 0 aromatic heterocycles. The summed E-state index contributed by atoms with van der Waals surface area (Å²) in [5.74, 6) is -0.672. The number of hydrogen-bond donors (Lipinski definition) is 1. The van der Waals surface area contributed by atoms with Gasteiger partial charge in [-0.15, -0.1) is 0 Å². The molecule has 1 heterocycles. The first-order valence-electron chi connectivity index (χ1n) is 3.58. The fraction of sp³-hybridized carbons (Fsp3) is 0.833. The zero-order chi connectivity index (χ0) is 9.19. The molecule has 0 aromatic rings. The predicted molar refractivity (Wildman–Crippen MR) is 42.5 cm³/mol. The molecule has 1 aliphatic heterocycles. The van der Waals surface area contributed by atoms with E-state index in [0.29, 0.717) is 6.54 Å². The van der Waals surface area contributed by atoms with Gasteiger partial charge in [0.05, 0.1) is 12.9 Å². The van der Waals surface area contributed by atoms with Crippen LogP contribution < -0.4 is 5.32 Å². The molecule has 6 heteroatoms. The molecule has 1 rings (SSSR count). The minimum atomic E-state index is -3.27. The minimum Gasteiger partial charge on any atom is -0.468 e. The smallest absolute Gasteiger partial charge is 0.325 e. The van der Waals surface area contributed by atoms with Crippen molar-refractivity contribution in [1.82, 2.24) is 5.32 Å². The number of esters is 1. The van der Waals surface area contributed by atoms with Crippen molar-refractivity contribution in [2.24, 2.45) is 0 Å². The summed E-state index contributed by atoms with van der Waals surface area (Å²) in [6, 6.07) is 0. The highest BCUT2D eigenvalue weighted by Gasteiger charge is 2.35. The summed E-state index contributed by atoms with van der Waals surface area (Å²) >= 11 is 0. The van der Waals surface area contributed by atoms with Crippen molar-refractivity contribution in [2.45, 2.75) is 5.25 Å². The fourth-order valence-corrected chi connectivity index (χ4v) is 2.55. The monoisotopic (exact) mass is 193 g/mol. The number of methoxy groups -OCH3 is 1. The maximum Gasteiger partial charge on any atom is 0.325 e. The molecular weight excluding hydrogens is 182 g/mol. The SMILES string of the molecule is COC(=O)C1CNCCS1(=O)=O. The lowest BCUT2D eigenvalue weighted by molar-refractivity contribution is -0.140. The molecular formula is C6H11NO4S. The number of rotatable bonds is 1. The number of carbonyl (C=O) groups excluding carboxylic acids is 1. The Labute approximate surface area is 71.0 Å². The summed E-state index contributed by atoms with van der Waals surface area (Å²) in [4.78, 5) is 10.9. The van der Waals surface area contributed by atoms with Gasteiger partial charge >= 0.3 is 5.97 Å². The van der Waals surface area contributed by atoms with Crippen LogP contribution in [0, 0.1) is 0 Å².